The van der Waals surface area contributed by atoms with Crippen LogP contribution in [-0.2, 0) is 6.42 Å². The molecule has 19 heavy (non-hydrogen) atoms. The maximum Gasteiger partial charge on any atom is 0.0456 e. The molecule has 0 bridgehead atoms. The van der Waals surface area contributed by atoms with Crippen molar-refractivity contribution in [2.45, 2.75) is 32.7 Å². The van der Waals surface area contributed by atoms with Gasteiger partial charge in [-0.25, -0.2) is 0 Å². The summed E-state index contributed by atoms with van der Waals surface area (Å²) in [7, 11) is 0. The van der Waals surface area contributed by atoms with E-state index in [1.807, 2.05) is 11.3 Å². The summed E-state index contributed by atoms with van der Waals surface area (Å²) in [4.78, 5) is 2.81. The van der Waals surface area contributed by atoms with Crippen LogP contribution in [0, 0.1) is 6.92 Å². The molecule has 1 unspecified atom stereocenters. The maximum atomic E-state index is 3.66. The van der Waals surface area contributed by atoms with E-state index in [1.54, 1.807) is 0 Å². The number of rotatable bonds is 6. The molecule has 0 aliphatic carbocycles. The Kier molecular flexibility index (Phi) is 5.61. The molecule has 0 fully saturated rings. The zero-order chi connectivity index (χ0) is 13.7. The van der Waals surface area contributed by atoms with Crippen LogP contribution in [0.15, 0.2) is 40.9 Å². The van der Waals surface area contributed by atoms with E-state index < -0.39 is 0 Å². The molecule has 3 heteroatoms. The molecule has 1 atom stereocenters. The van der Waals surface area contributed by atoms with E-state index in [1.165, 1.54) is 19.8 Å². The van der Waals surface area contributed by atoms with Gasteiger partial charge >= 0.3 is 0 Å². The van der Waals surface area contributed by atoms with Gasteiger partial charge in [0.05, 0.1) is 0 Å². The fraction of sp³-hybridized carbons (Fsp3) is 0.375. The van der Waals surface area contributed by atoms with Crippen LogP contribution in [0.4, 0.5) is 0 Å². The predicted molar refractivity (Wildman–Crippen MR) is 87.9 cm³/mol. The zero-order valence-corrected chi connectivity index (χ0v) is 13.9. The summed E-state index contributed by atoms with van der Waals surface area (Å²) in [6, 6.07) is 13.4. The van der Waals surface area contributed by atoms with Crippen LogP contribution < -0.4 is 5.32 Å². The molecule has 1 aromatic heterocycles. The van der Waals surface area contributed by atoms with E-state index in [4.69, 9.17) is 0 Å². The molecule has 2 aromatic rings. The predicted octanol–water partition coefficient (Wildman–Crippen LogP) is 5.10. The fourth-order valence-corrected chi connectivity index (χ4v) is 3.52. The quantitative estimate of drug-likeness (QED) is 0.772. The highest BCUT2D eigenvalue weighted by Crippen LogP contribution is 2.28. The van der Waals surface area contributed by atoms with E-state index in [0.717, 1.165) is 19.4 Å². The Morgan fingerprint density at radius 3 is 2.63 bits per heavy atom. The van der Waals surface area contributed by atoms with Gasteiger partial charge in [0.15, 0.2) is 0 Å². The van der Waals surface area contributed by atoms with Crippen molar-refractivity contribution in [3.63, 3.8) is 0 Å². The number of nitrogens with one attached hydrogen (secondary N) is 1. The third-order valence-corrected chi connectivity index (χ3v) is 5.02. The molecule has 1 N–H and O–H groups in total. The van der Waals surface area contributed by atoms with E-state index in [0.29, 0.717) is 6.04 Å². The second-order valence-corrected chi connectivity index (χ2v) is 6.92. The molecule has 0 radical (unpaired) electrons. The second-order valence-electron chi connectivity index (χ2n) is 4.75. The fourth-order valence-electron chi connectivity index (χ4n) is 2.12. The van der Waals surface area contributed by atoms with Gasteiger partial charge in [0.25, 0.3) is 0 Å². The first-order chi connectivity index (χ1) is 9.20. The molecule has 0 spiro atoms. The van der Waals surface area contributed by atoms with Crippen LogP contribution in [0.25, 0.3) is 0 Å². The summed E-state index contributed by atoms with van der Waals surface area (Å²) < 4.78 is 1.20. The Balaban J connectivity index is 2.16. The molecule has 0 saturated carbocycles. The Morgan fingerprint density at radius 1 is 1.21 bits per heavy atom. The third-order valence-electron chi connectivity index (χ3n) is 3.13. The molecule has 1 nitrogen and oxygen atoms in total. The smallest absolute Gasteiger partial charge is 0.0456 e. The number of hydrogen-bond donors (Lipinski definition) is 1. The van der Waals surface area contributed by atoms with Gasteiger partial charge in [-0.1, -0.05) is 41.1 Å². The van der Waals surface area contributed by atoms with Gasteiger partial charge < -0.3 is 5.32 Å². The first-order valence-corrected chi connectivity index (χ1v) is 8.34. The Morgan fingerprint density at radius 2 is 2.00 bits per heavy atom. The van der Waals surface area contributed by atoms with Crippen molar-refractivity contribution >= 4 is 27.3 Å². The van der Waals surface area contributed by atoms with Crippen LogP contribution in [0.3, 0.4) is 0 Å². The lowest BCUT2D eigenvalue weighted by Gasteiger charge is -2.18. The molecule has 1 heterocycles. The van der Waals surface area contributed by atoms with Crippen LogP contribution in [-0.4, -0.2) is 6.54 Å². The average Bonchev–Trinajstić information content (AvgIpc) is 2.83. The lowest BCUT2D eigenvalue weighted by molar-refractivity contribution is 0.536. The Hall–Kier alpha value is -0.640. The Bertz CT molecular complexity index is 521. The summed E-state index contributed by atoms with van der Waals surface area (Å²) in [5.41, 5.74) is 1.36. The molecular formula is C16H20BrNS. The lowest BCUT2D eigenvalue weighted by atomic mass is 10.0. The van der Waals surface area contributed by atoms with E-state index in [9.17, 15) is 0 Å². The largest absolute Gasteiger partial charge is 0.309 e. The molecule has 102 valence electrons. The van der Waals surface area contributed by atoms with Gasteiger partial charge in [0, 0.05) is 20.3 Å². The van der Waals surface area contributed by atoms with Crippen molar-refractivity contribution in [1.29, 1.82) is 0 Å². The number of benzene rings is 1. The molecule has 2 rings (SSSR count). The minimum absolute atomic E-state index is 0.414. The second kappa shape index (κ2) is 7.22. The molecule has 0 saturated heterocycles. The van der Waals surface area contributed by atoms with Crippen molar-refractivity contribution in [1.82, 2.24) is 5.32 Å². The standard InChI is InChI=1S/C16H20BrNS/c1-3-10-18-15(16-9-8-12(2)19-16)11-13-6-4-5-7-14(13)17/h4-9,15,18H,3,10-11H2,1-2H3. The van der Waals surface area contributed by atoms with Crippen molar-refractivity contribution in [2.24, 2.45) is 0 Å². The van der Waals surface area contributed by atoms with Gasteiger partial charge in [-0.3, -0.25) is 0 Å². The molecule has 0 amide bonds. The minimum atomic E-state index is 0.414. The summed E-state index contributed by atoms with van der Waals surface area (Å²) in [6.45, 7) is 5.44. The number of halogens is 1. The maximum absolute atomic E-state index is 3.66. The van der Waals surface area contributed by atoms with E-state index in [2.05, 4.69) is 71.5 Å². The van der Waals surface area contributed by atoms with E-state index >= 15 is 0 Å². The SMILES string of the molecule is CCCNC(Cc1ccccc1Br)c1ccc(C)s1. The zero-order valence-electron chi connectivity index (χ0n) is 11.4. The van der Waals surface area contributed by atoms with Gasteiger partial charge in [0.1, 0.15) is 0 Å². The summed E-state index contributed by atoms with van der Waals surface area (Å²) in [5.74, 6) is 0. The monoisotopic (exact) mass is 337 g/mol. The number of thiophene rings is 1. The first-order valence-electron chi connectivity index (χ1n) is 6.74. The minimum Gasteiger partial charge on any atom is -0.309 e. The van der Waals surface area contributed by atoms with Crippen molar-refractivity contribution in [3.05, 3.63) is 56.2 Å². The van der Waals surface area contributed by atoms with Gasteiger partial charge in [0.2, 0.25) is 0 Å². The van der Waals surface area contributed by atoms with E-state index in [-0.39, 0.29) is 0 Å². The third kappa shape index (κ3) is 4.16. The van der Waals surface area contributed by atoms with Crippen LogP contribution in [0.5, 0.6) is 0 Å². The van der Waals surface area contributed by atoms with Crippen molar-refractivity contribution in [3.8, 4) is 0 Å². The van der Waals surface area contributed by atoms with Crippen molar-refractivity contribution < 1.29 is 0 Å². The van der Waals surface area contributed by atoms with Crippen LogP contribution in [0.1, 0.15) is 34.7 Å². The average molecular weight is 338 g/mol. The highest BCUT2D eigenvalue weighted by atomic mass is 79.9. The van der Waals surface area contributed by atoms with Crippen LogP contribution in [0.2, 0.25) is 0 Å². The number of aryl methyl sites for hydroxylation is 1. The molecule has 0 aliphatic rings. The Labute approximate surface area is 128 Å². The van der Waals surface area contributed by atoms with Gasteiger partial charge in [-0.05, 0) is 50.1 Å². The highest BCUT2D eigenvalue weighted by Gasteiger charge is 2.14. The summed E-state index contributed by atoms with van der Waals surface area (Å²) >= 11 is 5.54. The topological polar surface area (TPSA) is 12.0 Å². The number of hydrogen-bond acceptors (Lipinski definition) is 2. The van der Waals surface area contributed by atoms with Gasteiger partial charge in [-0.15, -0.1) is 11.3 Å². The highest BCUT2D eigenvalue weighted by molar-refractivity contribution is 9.10. The van der Waals surface area contributed by atoms with Crippen molar-refractivity contribution in [2.75, 3.05) is 6.54 Å². The van der Waals surface area contributed by atoms with Crippen LogP contribution >= 0.6 is 27.3 Å². The lowest BCUT2D eigenvalue weighted by Crippen LogP contribution is -2.23. The van der Waals surface area contributed by atoms with Gasteiger partial charge in [-0.2, -0.15) is 0 Å². The normalized spacial score (nSPS) is 12.6. The molecular weight excluding hydrogens is 318 g/mol. The summed E-state index contributed by atoms with van der Waals surface area (Å²) in [6.07, 6.45) is 2.19. The first kappa shape index (κ1) is 14.8. The molecule has 1 aromatic carbocycles. The molecule has 0 aliphatic heterocycles. The summed E-state index contributed by atoms with van der Waals surface area (Å²) in [5, 5.41) is 3.66.